The third-order valence-electron chi connectivity index (χ3n) is 4.55. The Balaban J connectivity index is 2.07. The molecule has 0 saturated carbocycles. The molecule has 0 aliphatic heterocycles. The Morgan fingerprint density at radius 2 is 1.96 bits per heavy atom. The van der Waals surface area contributed by atoms with Gasteiger partial charge in [-0.25, -0.2) is 0 Å². The van der Waals surface area contributed by atoms with Gasteiger partial charge in [0.2, 0.25) is 5.91 Å². The fourth-order valence-electron chi connectivity index (χ4n) is 3.12. The number of benzene rings is 1. The number of carbonyl (C=O) groups is 1. The summed E-state index contributed by atoms with van der Waals surface area (Å²) in [6.07, 6.45) is 0.782. The number of carbonyl (C=O) groups excluding carboxylic acids is 1. The maximum atomic E-state index is 12.3. The van der Waals surface area contributed by atoms with Crippen LogP contribution in [0.2, 0.25) is 0 Å². The SMILES string of the molecule is Cc1ccccc1[C@@H](C)NC(=O)CCc1c(C)[nH]c(=O)c(C#N)c1C. The largest absolute Gasteiger partial charge is 0.350 e. The Bertz CT molecular complexity index is 891. The standard InChI is InChI=1S/C20H23N3O2/c1-12-7-5-6-8-16(12)14(3)22-19(24)10-9-17-13(2)18(11-21)20(25)23-15(17)4/h5-8,14H,9-10H2,1-4H3,(H,22,24)(H,23,25)/t14-/m1/s1. The predicted molar refractivity (Wildman–Crippen MR) is 97.3 cm³/mol. The monoisotopic (exact) mass is 337 g/mol. The molecule has 25 heavy (non-hydrogen) atoms. The highest BCUT2D eigenvalue weighted by molar-refractivity contribution is 5.76. The van der Waals surface area contributed by atoms with Crippen LogP contribution in [0.1, 0.15) is 52.9 Å². The van der Waals surface area contributed by atoms with E-state index in [0.717, 1.165) is 16.7 Å². The van der Waals surface area contributed by atoms with E-state index in [1.54, 1.807) is 13.8 Å². The molecule has 5 nitrogen and oxygen atoms in total. The molecule has 0 aliphatic rings. The second kappa shape index (κ2) is 7.80. The van der Waals surface area contributed by atoms with Gasteiger partial charge in [0.15, 0.2) is 0 Å². The van der Waals surface area contributed by atoms with Gasteiger partial charge in [-0.3, -0.25) is 9.59 Å². The van der Waals surface area contributed by atoms with Crippen LogP contribution >= 0.6 is 0 Å². The van der Waals surface area contributed by atoms with Crippen LogP contribution in [0.4, 0.5) is 0 Å². The number of aromatic amines is 1. The van der Waals surface area contributed by atoms with Crippen molar-refractivity contribution in [1.29, 1.82) is 5.26 Å². The summed E-state index contributed by atoms with van der Waals surface area (Å²) in [6.45, 7) is 7.53. The molecule has 0 unspecified atom stereocenters. The van der Waals surface area contributed by atoms with Crippen molar-refractivity contribution in [2.75, 3.05) is 0 Å². The fourth-order valence-corrected chi connectivity index (χ4v) is 3.12. The number of nitrogens with zero attached hydrogens (tertiary/aromatic N) is 1. The summed E-state index contributed by atoms with van der Waals surface area (Å²) < 4.78 is 0. The molecule has 1 heterocycles. The van der Waals surface area contributed by atoms with E-state index >= 15 is 0 Å². The van der Waals surface area contributed by atoms with Crippen molar-refractivity contribution in [2.24, 2.45) is 0 Å². The third kappa shape index (κ3) is 4.16. The van der Waals surface area contributed by atoms with Gasteiger partial charge in [0.25, 0.3) is 5.56 Å². The van der Waals surface area contributed by atoms with Crippen LogP contribution in [-0.2, 0) is 11.2 Å². The lowest BCUT2D eigenvalue weighted by atomic mass is 9.98. The third-order valence-corrected chi connectivity index (χ3v) is 4.55. The summed E-state index contributed by atoms with van der Waals surface area (Å²) in [4.78, 5) is 26.8. The van der Waals surface area contributed by atoms with Crippen LogP contribution in [-0.4, -0.2) is 10.9 Å². The van der Waals surface area contributed by atoms with Crippen LogP contribution in [0.5, 0.6) is 0 Å². The topological polar surface area (TPSA) is 85.8 Å². The molecule has 0 saturated heterocycles. The molecule has 2 N–H and O–H groups in total. The average Bonchev–Trinajstić information content (AvgIpc) is 2.55. The van der Waals surface area contributed by atoms with Crippen molar-refractivity contribution < 1.29 is 4.79 Å². The average molecular weight is 337 g/mol. The molecular weight excluding hydrogens is 314 g/mol. The highest BCUT2D eigenvalue weighted by Gasteiger charge is 2.15. The van der Waals surface area contributed by atoms with Gasteiger partial charge in [0, 0.05) is 12.1 Å². The Hall–Kier alpha value is -2.87. The molecule has 1 amide bonds. The van der Waals surface area contributed by atoms with E-state index in [1.807, 2.05) is 44.2 Å². The van der Waals surface area contributed by atoms with E-state index in [-0.39, 0.29) is 23.1 Å². The number of nitrogens with one attached hydrogen (secondary N) is 2. The maximum absolute atomic E-state index is 12.3. The minimum atomic E-state index is -0.376. The van der Waals surface area contributed by atoms with Crippen molar-refractivity contribution in [3.63, 3.8) is 0 Å². The number of hydrogen-bond donors (Lipinski definition) is 2. The highest BCUT2D eigenvalue weighted by atomic mass is 16.1. The van der Waals surface area contributed by atoms with E-state index in [2.05, 4.69) is 10.3 Å². The first-order valence-electron chi connectivity index (χ1n) is 8.32. The zero-order valence-electron chi connectivity index (χ0n) is 15.1. The summed E-state index contributed by atoms with van der Waals surface area (Å²) in [5.41, 5.74) is 4.20. The normalized spacial score (nSPS) is 11.6. The first kappa shape index (κ1) is 18.5. The summed E-state index contributed by atoms with van der Waals surface area (Å²) in [7, 11) is 0. The highest BCUT2D eigenvalue weighted by Crippen LogP contribution is 2.18. The van der Waals surface area contributed by atoms with Crippen LogP contribution in [0.25, 0.3) is 0 Å². The van der Waals surface area contributed by atoms with E-state index < -0.39 is 0 Å². The predicted octanol–water partition coefficient (Wildman–Crippen LogP) is 2.98. The minimum absolute atomic E-state index is 0.0562. The number of H-pyrrole nitrogens is 1. The lowest BCUT2D eigenvalue weighted by Gasteiger charge is -2.17. The number of nitriles is 1. The van der Waals surface area contributed by atoms with Gasteiger partial charge < -0.3 is 10.3 Å². The van der Waals surface area contributed by atoms with Gasteiger partial charge in [0.1, 0.15) is 11.6 Å². The van der Waals surface area contributed by atoms with Gasteiger partial charge in [-0.1, -0.05) is 24.3 Å². The number of aryl methyl sites for hydroxylation is 2. The van der Waals surface area contributed by atoms with Gasteiger partial charge in [-0.2, -0.15) is 5.26 Å². The first-order chi connectivity index (χ1) is 11.8. The van der Waals surface area contributed by atoms with Gasteiger partial charge in [-0.05, 0) is 56.4 Å². The Morgan fingerprint density at radius 1 is 1.28 bits per heavy atom. The van der Waals surface area contributed by atoms with Gasteiger partial charge in [-0.15, -0.1) is 0 Å². The molecule has 2 rings (SSSR count). The number of pyridine rings is 1. The second-order valence-corrected chi connectivity index (χ2v) is 6.32. The fraction of sp³-hybridized carbons (Fsp3) is 0.350. The summed E-state index contributed by atoms with van der Waals surface area (Å²) in [5.74, 6) is -0.0562. The van der Waals surface area contributed by atoms with Crippen LogP contribution < -0.4 is 10.9 Å². The Labute approximate surface area is 147 Å². The summed E-state index contributed by atoms with van der Waals surface area (Å²) in [5, 5.41) is 12.1. The first-order valence-corrected chi connectivity index (χ1v) is 8.32. The molecule has 0 aliphatic carbocycles. The zero-order chi connectivity index (χ0) is 18.6. The summed E-state index contributed by atoms with van der Waals surface area (Å²) >= 11 is 0. The molecule has 5 heteroatoms. The number of amides is 1. The minimum Gasteiger partial charge on any atom is -0.350 e. The van der Waals surface area contributed by atoms with Crippen molar-refractivity contribution in [3.05, 3.63) is 68.1 Å². The van der Waals surface area contributed by atoms with Crippen molar-refractivity contribution in [3.8, 4) is 6.07 Å². The number of hydrogen-bond acceptors (Lipinski definition) is 3. The molecule has 0 radical (unpaired) electrons. The van der Waals surface area contributed by atoms with Crippen molar-refractivity contribution in [2.45, 2.75) is 46.6 Å². The molecule has 1 atom stereocenters. The van der Waals surface area contributed by atoms with E-state index in [4.69, 9.17) is 5.26 Å². The quantitative estimate of drug-likeness (QED) is 0.879. The lowest BCUT2D eigenvalue weighted by molar-refractivity contribution is -0.121. The van der Waals surface area contributed by atoms with E-state index in [0.29, 0.717) is 24.1 Å². The van der Waals surface area contributed by atoms with E-state index in [9.17, 15) is 9.59 Å². The zero-order valence-corrected chi connectivity index (χ0v) is 15.1. The van der Waals surface area contributed by atoms with Crippen LogP contribution in [0, 0.1) is 32.1 Å². The summed E-state index contributed by atoms with van der Waals surface area (Å²) in [6, 6.07) is 9.83. The van der Waals surface area contributed by atoms with Crippen LogP contribution in [0.15, 0.2) is 29.1 Å². The Morgan fingerprint density at radius 3 is 2.60 bits per heavy atom. The molecule has 130 valence electrons. The molecule has 1 aromatic heterocycles. The number of aromatic nitrogens is 1. The molecular formula is C20H23N3O2. The molecule has 1 aromatic carbocycles. The second-order valence-electron chi connectivity index (χ2n) is 6.32. The van der Waals surface area contributed by atoms with Gasteiger partial charge in [0.05, 0.1) is 6.04 Å². The lowest BCUT2D eigenvalue weighted by Crippen LogP contribution is -2.27. The molecule has 0 bridgehead atoms. The smallest absolute Gasteiger partial charge is 0.266 e. The molecule has 0 fully saturated rings. The van der Waals surface area contributed by atoms with Crippen LogP contribution in [0.3, 0.4) is 0 Å². The van der Waals surface area contributed by atoms with Gasteiger partial charge >= 0.3 is 0 Å². The Kier molecular flexibility index (Phi) is 5.76. The van der Waals surface area contributed by atoms with Crippen molar-refractivity contribution in [1.82, 2.24) is 10.3 Å². The molecule has 2 aromatic rings. The maximum Gasteiger partial charge on any atom is 0.266 e. The molecule has 0 spiro atoms. The number of rotatable bonds is 5. The van der Waals surface area contributed by atoms with E-state index in [1.165, 1.54) is 0 Å². The van der Waals surface area contributed by atoms with Crippen molar-refractivity contribution >= 4 is 5.91 Å².